The lowest BCUT2D eigenvalue weighted by Gasteiger charge is -2.10. The molecule has 1 unspecified atom stereocenters. The van der Waals surface area contributed by atoms with Crippen LogP contribution in [0.15, 0.2) is 41.0 Å². The summed E-state index contributed by atoms with van der Waals surface area (Å²) in [6.45, 7) is 4.21. The smallest absolute Gasteiger partial charge is 0.121 e. The first-order valence-corrected chi connectivity index (χ1v) is 5.84. The van der Waals surface area contributed by atoms with Crippen molar-refractivity contribution >= 4 is 11.6 Å². The monoisotopic (exact) mass is 234 g/mol. The van der Waals surface area contributed by atoms with E-state index in [0.717, 1.165) is 12.2 Å². The van der Waals surface area contributed by atoms with Crippen LogP contribution < -0.4 is 0 Å². The Labute approximate surface area is 101 Å². The van der Waals surface area contributed by atoms with Gasteiger partial charge in [0.2, 0.25) is 0 Å². The molecule has 2 rings (SSSR count). The zero-order chi connectivity index (χ0) is 11.5. The Kier molecular flexibility index (Phi) is 3.35. The minimum Gasteiger partial charge on any atom is -0.468 e. The maximum Gasteiger partial charge on any atom is 0.121 e. The lowest BCUT2D eigenvalue weighted by atomic mass is 10.0. The fourth-order valence-corrected chi connectivity index (χ4v) is 2.07. The lowest BCUT2D eigenvalue weighted by Crippen LogP contribution is -1.97. The van der Waals surface area contributed by atoms with Crippen molar-refractivity contribution in [2.45, 2.75) is 25.6 Å². The molecule has 1 heterocycles. The summed E-state index contributed by atoms with van der Waals surface area (Å²) in [5.41, 5.74) is 3.84. The van der Waals surface area contributed by atoms with Gasteiger partial charge in [0.05, 0.1) is 11.6 Å². The molecule has 1 aromatic heterocycles. The number of hydrogen-bond donors (Lipinski definition) is 0. The predicted octanol–water partition coefficient (Wildman–Crippen LogP) is 4.42. The lowest BCUT2D eigenvalue weighted by molar-refractivity contribution is 0.502. The van der Waals surface area contributed by atoms with Crippen LogP contribution in [-0.4, -0.2) is 0 Å². The summed E-state index contributed by atoms with van der Waals surface area (Å²) in [5.74, 6) is 0.836. The SMILES string of the molecule is Cc1ccc(C)c(CC(Cl)c2ccco2)c1. The molecule has 0 aliphatic carbocycles. The molecule has 0 aliphatic rings. The normalized spacial score (nSPS) is 12.7. The molecule has 0 N–H and O–H groups in total. The molecule has 1 aromatic carbocycles. The van der Waals surface area contributed by atoms with E-state index < -0.39 is 0 Å². The van der Waals surface area contributed by atoms with E-state index >= 15 is 0 Å². The zero-order valence-corrected chi connectivity index (χ0v) is 10.3. The van der Waals surface area contributed by atoms with Gasteiger partial charge in [0.1, 0.15) is 5.76 Å². The van der Waals surface area contributed by atoms with E-state index in [-0.39, 0.29) is 5.38 Å². The molecule has 0 bridgehead atoms. The highest BCUT2D eigenvalue weighted by molar-refractivity contribution is 6.20. The number of alkyl halides is 1. The molecule has 0 spiro atoms. The standard InChI is InChI=1S/C14H15ClO/c1-10-5-6-11(2)12(8-10)9-13(15)14-4-3-7-16-14/h3-8,13H,9H2,1-2H3. The van der Waals surface area contributed by atoms with Crippen molar-refractivity contribution in [2.24, 2.45) is 0 Å². The van der Waals surface area contributed by atoms with Crippen molar-refractivity contribution in [1.82, 2.24) is 0 Å². The molecule has 0 aliphatic heterocycles. The molecule has 1 nitrogen and oxygen atoms in total. The van der Waals surface area contributed by atoms with Gasteiger partial charge in [-0.05, 0) is 43.5 Å². The molecule has 2 aromatic rings. The van der Waals surface area contributed by atoms with Gasteiger partial charge in [0.15, 0.2) is 0 Å². The van der Waals surface area contributed by atoms with Crippen LogP contribution in [0.4, 0.5) is 0 Å². The van der Waals surface area contributed by atoms with E-state index in [4.69, 9.17) is 16.0 Å². The number of aryl methyl sites for hydroxylation is 2. The number of furan rings is 1. The third-order valence-corrected chi connectivity index (χ3v) is 3.13. The average molecular weight is 235 g/mol. The Morgan fingerprint density at radius 2 is 2.06 bits per heavy atom. The van der Waals surface area contributed by atoms with Gasteiger partial charge in [0, 0.05) is 0 Å². The van der Waals surface area contributed by atoms with Crippen molar-refractivity contribution in [3.05, 3.63) is 59.0 Å². The number of halogens is 1. The Bertz CT molecular complexity index is 460. The van der Waals surface area contributed by atoms with E-state index in [1.54, 1.807) is 6.26 Å². The summed E-state index contributed by atoms with van der Waals surface area (Å²) in [4.78, 5) is 0. The van der Waals surface area contributed by atoms with Crippen LogP contribution in [0.25, 0.3) is 0 Å². The molecule has 0 saturated heterocycles. The summed E-state index contributed by atoms with van der Waals surface area (Å²) in [5, 5.41) is -0.0875. The Balaban J connectivity index is 2.17. The van der Waals surface area contributed by atoms with Gasteiger partial charge in [-0.2, -0.15) is 0 Å². The highest BCUT2D eigenvalue weighted by Gasteiger charge is 2.12. The van der Waals surface area contributed by atoms with Crippen molar-refractivity contribution in [3.8, 4) is 0 Å². The number of hydrogen-bond acceptors (Lipinski definition) is 1. The average Bonchev–Trinajstić information content (AvgIpc) is 2.76. The Morgan fingerprint density at radius 3 is 2.75 bits per heavy atom. The minimum atomic E-state index is -0.0875. The summed E-state index contributed by atoms with van der Waals surface area (Å²) >= 11 is 6.31. The van der Waals surface area contributed by atoms with Crippen molar-refractivity contribution in [2.75, 3.05) is 0 Å². The fourth-order valence-electron chi connectivity index (χ4n) is 1.78. The first-order chi connectivity index (χ1) is 7.66. The second kappa shape index (κ2) is 4.75. The molecule has 1 atom stereocenters. The number of benzene rings is 1. The summed E-state index contributed by atoms with van der Waals surface area (Å²) in [6, 6.07) is 10.2. The summed E-state index contributed by atoms with van der Waals surface area (Å²) < 4.78 is 5.31. The summed E-state index contributed by atoms with van der Waals surface area (Å²) in [6.07, 6.45) is 2.47. The molecule has 84 valence electrons. The molecule has 0 fully saturated rings. The highest BCUT2D eigenvalue weighted by Crippen LogP contribution is 2.26. The van der Waals surface area contributed by atoms with Crippen LogP contribution in [0, 0.1) is 13.8 Å². The maximum atomic E-state index is 6.31. The molecular weight excluding hydrogens is 220 g/mol. The van der Waals surface area contributed by atoms with Crippen molar-refractivity contribution in [3.63, 3.8) is 0 Å². The van der Waals surface area contributed by atoms with Gasteiger partial charge in [-0.1, -0.05) is 23.8 Å². The van der Waals surface area contributed by atoms with Gasteiger partial charge in [-0.25, -0.2) is 0 Å². The zero-order valence-electron chi connectivity index (χ0n) is 9.53. The molecule has 0 radical (unpaired) electrons. The van der Waals surface area contributed by atoms with Crippen LogP contribution in [-0.2, 0) is 6.42 Å². The first kappa shape index (κ1) is 11.3. The summed E-state index contributed by atoms with van der Waals surface area (Å²) in [7, 11) is 0. The van der Waals surface area contributed by atoms with Crippen LogP contribution >= 0.6 is 11.6 Å². The second-order valence-corrected chi connectivity index (χ2v) is 4.64. The third-order valence-electron chi connectivity index (χ3n) is 2.76. The molecule has 16 heavy (non-hydrogen) atoms. The largest absolute Gasteiger partial charge is 0.468 e. The predicted molar refractivity (Wildman–Crippen MR) is 66.9 cm³/mol. The van der Waals surface area contributed by atoms with Gasteiger partial charge in [-0.3, -0.25) is 0 Å². The third kappa shape index (κ3) is 2.48. The van der Waals surface area contributed by atoms with E-state index in [1.807, 2.05) is 12.1 Å². The minimum absolute atomic E-state index is 0.0875. The molecule has 0 amide bonds. The van der Waals surface area contributed by atoms with Gasteiger partial charge < -0.3 is 4.42 Å². The molecular formula is C14H15ClO. The Morgan fingerprint density at radius 1 is 1.25 bits per heavy atom. The molecule has 2 heteroatoms. The topological polar surface area (TPSA) is 13.1 Å². The van der Waals surface area contributed by atoms with Gasteiger partial charge >= 0.3 is 0 Å². The Hall–Kier alpha value is -1.21. The van der Waals surface area contributed by atoms with Crippen LogP contribution in [0.3, 0.4) is 0 Å². The van der Waals surface area contributed by atoms with E-state index in [0.29, 0.717) is 0 Å². The maximum absolute atomic E-state index is 6.31. The van der Waals surface area contributed by atoms with E-state index in [1.165, 1.54) is 16.7 Å². The quantitative estimate of drug-likeness (QED) is 0.717. The van der Waals surface area contributed by atoms with Crippen molar-refractivity contribution < 1.29 is 4.42 Å². The highest BCUT2D eigenvalue weighted by atomic mass is 35.5. The van der Waals surface area contributed by atoms with Gasteiger partial charge in [0.25, 0.3) is 0 Å². The van der Waals surface area contributed by atoms with Crippen LogP contribution in [0.2, 0.25) is 0 Å². The van der Waals surface area contributed by atoms with E-state index in [2.05, 4.69) is 32.0 Å². The van der Waals surface area contributed by atoms with Crippen LogP contribution in [0.1, 0.15) is 27.8 Å². The molecule has 0 saturated carbocycles. The van der Waals surface area contributed by atoms with Crippen molar-refractivity contribution in [1.29, 1.82) is 0 Å². The van der Waals surface area contributed by atoms with Crippen LogP contribution in [0.5, 0.6) is 0 Å². The second-order valence-electron chi connectivity index (χ2n) is 4.12. The van der Waals surface area contributed by atoms with Gasteiger partial charge in [-0.15, -0.1) is 11.6 Å². The fraction of sp³-hybridized carbons (Fsp3) is 0.286. The first-order valence-electron chi connectivity index (χ1n) is 5.40. The number of rotatable bonds is 3. The van der Waals surface area contributed by atoms with E-state index in [9.17, 15) is 0 Å².